The van der Waals surface area contributed by atoms with Crippen LogP contribution in [0.1, 0.15) is 12.8 Å². The van der Waals surface area contributed by atoms with Crippen LogP contribution in [0.3, 0.4) is 0 Å². The Balaban J connectivity index is 2.21. The van der Waals surface area contributed by atoms with E-state index in [2.05, 4.69) is 5.73 Å². The number of hydrogen-bond donors (Lipinski definition) is 0. The molecule has 0 aliphatic heterocycles. The highest BCUT2D eigenvalue weighted by atomic mass is 35.5. The molecule has 0 saturated heterocycles. The molecule has 3 rings (SSSR count). The van der Waals surface area contributed by atoms with E-state index in [4.69, 9.17) is 11.6 Å². The number of fused-ring (bicyclic) bond motifs is 2. The van der Waals surface area contributed by atoms with Crippen molar-refractivity contribution in [1.29, 1.82) is 0 Å². The molecule has 6 heteroatoms. The summed E-state index contributed by atoms with van der Waals surface area (Å²) in [6, 6.07) is 0. The van der Waals surface area contributed by atoms with E-state index in [-0.39, 0.29) is 17.1 Å². The normalized spacial score (nSPS) is 23.0. The van der Waals surface area contributed by atoms with Crippen molar-refractivity contribution in [2.45, 2.75) is 12.8 Å². The van der Waals surface area contributed by atoms with Gasteiger partial charge in [0.2, 0.25) is 5.24 Å². The zero-order valence-electron chi connectivity index (χ0n) is 11.3. The largest absolute Gasteiger partial charge is 0.288 e. The minimum Gasteiger partial charge on any atom is -0.288 e. The molecule has 0 bridgehead atoms. The zero-order chi connectivity index (χ0) is 15.9. The maximum atomic E-state index is 12.6. The molecule has 0 saturated carbocycles. The number of rotatable bonds is 2. The molecule has 0 aromatic carbocycles. The van der Waals surface area contributed by atoms with Crippen molar-refractivity contribution in [2.75, 3.05) is 0 Å². The van der Waals surface area contributed by atoms with E-state index in [1.54, 1.807) is 6.08 Å². The van der Waals surface area contributed by atoms with Gasteiger partial charge in [-0.1, -0.05) is 12.2 Å². The lowest BCUT2D eigenvalue weighted by atomic mass is 9.93. The lowest BCUT2D eigenvalue weighted by Crippen LogP contribution is -2.16. The molecule has 0 spiro atoms. The number of halogens is 1. The Bertz CT molecular complexity index is 804. The highest BCUT2D eigenvalue weighted by molar-refractivity contribution is 6.64. The molecule has 22 heavy (non-hydrogen) atoms. The van der Waals surface area contributed by atoms with Crippen LogP contribution in [0.2, 0.25) is 0 Å². The lowest BCUT2D eigenvalue weighted by Gasteiger charge is -2.10. The van der Waals surface area contributed by atoms with E-state index in [0.29, 0.717) is 29.6 Å². The number of ketones is 1. The number of nitrogens with zero attached hydrogens (tertiary/aromatic N) is 1. The number of carbonyl (C=O) groups excluding carboxylic acids is 2. The van der Waals surface area contributed by atoms with Crippen LogP contribution in [0.5, 0.6) is 0 Å². The van der Waals surface area contributed by atoms with Crippen LogP contribution in [-0.4, -0.2) is 15.9 Å². The van der Waals surface area contributed by atoms with E-state index in [1.807, 2.05) is 6.08 Å². The van der Waals surface area contributed by atoms with Crippen LogP contribution in [0.4, 0.5) is 0 Å². The van der Waals surface area contributed by atoms with E-state index in [9.17, 15) is 19.7 Å². The molecule has 3 aliphatic carbocycles. The van der Waals surface area contributed by atoms with Gasteiger partial charge in [0.05, 0.1) is 22.5 Å². The summed E-state index contributed by atoms with van der Waals surface area (Å²) in [5, 5.41) is 10.3. The van der Waals surface area contributed by atoms with Gasteiger partial charge in [-0.05, 0) is 36.1 Å². The molecule has 1 unspecified atom stereocenters. The summed E-state index contributed by atoms with van der Waals surface area (Å²) in [6.45, 7) is 0. The van der Waals surface area contributed by atoms with Crippen molar-refractivity contribution in [3.8, 4) is 0 Å². The summed E-state index contributed by atoms with van der Waals surface area (Å²) in [5.41, 5.74) is 4.32. The highest BCUT2D eigenvalue weighted by Gasteiger charge is 2.39. The SMILES string of the molecule is O=C1C2=C=CC([N+](=O)[O-])=CC=C2C2=C1C(C(=O)Cl)CCC=C2. The molecular weight excluding hydrogens is 306 g/mol. The summed E-state index contributed by atoms with van der Waals surface area (Å²) in [6.07, 6.45) is 8.79. The van der Waals surface area contributed by atoms with Gasteiger partial charge in [0.1, 0.15) is 0 Å². The lowest BCUT2D eigenvalue weighted by molar-refractivity contribution is -0.418. The van der Waals surface area contributed by atoms with Crippen molar-refractivity contribution in [1.82, 2.24) is 0 Å². The molecule has 0 aromatic heterocycles. The van der Waals surface area contributed by atoms with Gasteiger partial charge >= 0.3 is 0 Å². The van der Waals surface area contributed by atoms with Gasteiger partial charge in [-0.25, -0.2) is 0 Å². The Morgan fingerprint density at radius 3 is 2.86 bits per heavy atom. The molecule has 0 radical (unpaired) electrons. The molecular formula is C16H10ClNO4. The Hall–Kier alpha value is -2.49. The second-order valence-electron chi connectivity index (χ2n) is 5.09. The monoisotopic (exact) mass is 315 g/mol. The Morgan fingerprint density at radius 2 is 2.18 bits per heavy atom. The highest BCUT2D eigenvalue weighted by Crippen LogP contribution is 2.41. The second-order valence-corrected chi connectivity index (χ2v) is 5.46. The number of allylic oxidation sites excluding steroid dienone is 8. The molecule has 0 N–H and O–H groups in total. The summed E-state index contributed by atoms with van der Waals surface area (Å²) in [7, 11) is 0. The van der Waals surface area contributed by atoms with Crippen LogP contribution >= 0.6 is 11.6 Å². The van der Waals surface area contributed by atoms with Gasteiger partial charge in [0.25, 0.3) is 5.70 Å². The maximum Gasteiger partial charge on any atom is 0.277 e. The van der Waals surface area contributed by atoms with Crippen molar-refractivity contribution in [3.63, 3.8) is 0 Å². The molecule has 0 amide bonds. The second kappa shape index (κ2) is 5.37. The summed E-state index contributed by atoms with van der Waals surface area (Å²) >= 11 is 5.64. The number of Topliss-reactive ketones (excluding diaryl/α,β-unsaturated/α-hetero) is 1. The van der Waals surface area contributed by atoms with Crippen LogP contribution in [-0.2, 0) is 9.59 Å². The van der Waals surface area contributed by atoms with Gasteiger partial charge < -0.3 is 0 Å². The van der Waals surface area contributed by atoms with E-state index >= 15 is 0 Å². The Labute approximate surface area is 130 Å². The molecule has 0 aromatic rings. The molecule has 5 nitrogen and oxygen atoms in total. The molecule has 1 atom stereocenters. The fourth-order valence-corrected chi connectivity index (χ4v) is 3.03. The molecule has 0 fully saturated rings. The van der Waals surface area contributed by atoms with Crippen molar-refractivity contribution < 1.29 is 14.5 Å². The van der Waals surface area contributed by atoms with Crippen LogP contribution in [0, 0.1) is 16.0 Å². The van der Waals surface area contributed by atoms with E-state index in [1.165, 1.54) is 18.2 Å². The number of hydrogen-bond acceptors (Lipinski definition) is 4. The molecule has 0 heterocycles. The van der Waals surface area contributed by atoms with Gasteiger partial charge in [-0.15, -0.1) is 5.73 Å². The third kappa shape index (κ3) is 2.21. The van der Waals surface area contributed by atoms with Crippen molar-refractivity contribution >= 4 is 22.6 Å². The van der Waals surface area contributed by atoms with Crippen LogP contribution in [0.15, 0.2) is 64.1 Å². The van der Waals surface area contributed by atoms with Gasteiger partial charge in [-0.2, -0.15) is 0 Å². The topological polar surface area (TPSA) is 77.3 Å². The molecule has 3 aliphatic rings. The number of carbonyl (C=O) groups is 2. The Kier molecular flexibility index (Phi) is 3.53. The first-order valence-corrected chi connectivity index (χ1v) is 7.07. The summed E-state index contributed by atoms with van der Waals surface area (Å²) < 4.78 is 0. The average Bonchev–Trinajstić information content (AvgIpc) is 2.72. The first-order chi connectivity index (χ1) is 10.5. The third-order valence-corrected chi connectivity index (χ3v) is 4.11. The first-order valence-electron chi connectivity index (χ1n) is 6.69. The fraction of sp³-hybridized carbons (Fsp3) is 0.188. The minimum absolute atomic E-state index is 0.146. The minimum atomic E-state index is -0.653. The van der Waals surface area contributed by atoms with Crippen molar-refractivity contribution in [3.05, 3.63) is 74.2 Å². The van der Waals surface area contributed by atoms with E-state index in [0.717, 1.165) is 0 Å². The average molecular weight is 316 g/mol. The van der Waals surface area contributed by atoms with Crippen molar-refractivity contribution in [2.24, 2.45) is 5.92 Å². The first kappa shape index (κ1) is 14.4. The van der Waals surface area contributed by atoms with Crippen LogP contribution in [0.25, 0.3) is 0 Å². The quantitative estimate of drug-likeness (QED) is 0.340. The van der Waals surface area contributed by atoms with Gasteiger partial charge in [0.15, 0.2) is 5.78 Å². The third-order valence-electron chi connectivity index (χ3n) is 3.85. The standard InChI is InChI=1S/C16H10ClNO4/c17-16(20)13-4-2-1-3-11-10-7-5-9(18(21)22)6-8-12(10)15(19)14(11)13/h1,3,5-7,13H,2,4H2. The predicted molar refractivity (Wildman–Crippen MR) is 79.5 cm³/mol. The smallest absolute Gasteiger partial charge is 0.277 e. The number of nitro groups is 1. The summed E-state index contributed by atoms with van der Waals surface area (Å²) in [4.78, 5) is 34.6. The van der Waals surface area contributed by atoms with E-state index < -0.39 is 16.1 Å². The fourth-order valence-electron chi connectivity index (χ4n) is 2.81. The molecule has 110 valence electrons. The summed E-state index contributed by atoms with van der Waals surface area (Å²) in [5.74, 6) is -0.985. The maximum absolute atomic E-state index is 12.6. The predicted octanol–water partition coefficient (Wildman–Crippen LogP) is 2.78. The van der Waals surface area contributed by atoms with Gasteiger partial charge in [-0.3, -0.25) is 19.7 Å². The Morgan fingerprint density at radius 1 is 1.41 bits per heavy atom. The zero-order valence-corrected chi connectivity index (χ0v) is 12.1. The van der Waals surface area contributed by atoms with Gasteiger partial charge in [0, 0.05) is 17.2 Å². The van der Waals surface area contributed by atoms with Crippen LogP contribution < -0.4 is 0 Å².